The predicted octanol–water partition coefficient (Wildman–Crippen LogP) is 1.06. The number of hydrogen-bond acceptors (Lipinski definition) is 4. The van der Waals surface area contributed by atoms with E-state index in [1.807, 2.05) is 24.7 Å². The molecule has 1 aliphatic heterocycles. The van der Waals surface area contributed by atoms with Crippen LogP contribution in [0.3, 0.4) is 0 Å². The standard InChI is InChI=1S/C15H21N5/c1-19(11-13-3-2-5-17-9-13)12-14-10-18-15-4-6-16-7-8-20(14)15/h2-3,5,9-10,16H,4,6-8,11-12H2,1H3. The lowest BCUT2D eigenvalue weighted by molar-refractivity contribution is 0.309. The third-order valence-corrected chi connectivity index (χ3v) is 3.67. The van der Waals surface area contributed by atoms with Gasteiger partial charge in [-0.1, -0.05) is 6.07 Å². The highest BCUT2D eigenvalue weighted by Crippen LogP contribution is 2.12. The maximum atomic E-state index is 4.56. The summed E-state index contributed by atoms with van der Waals surface area (Å²) in [7, 11) is 2.14. The first-order chi connectivity index (χ1) is 9.83. The van der Waals surface area contributed by atoms with Crippen molar-refractivity contribution in [2.24, 2.45) is 0 Å². The quantitative estimate of drug-likeness (QED) is 0.903. The maximum absolute atomic E-state index is 4.56. The van der Waals surface area contributed by atoms with E-state index in [0.717, 1.165) is 39.1 Å². The van der Waals surface area contributed by atoms with Crippen LogP contribution >= 0.6 is 0 Å². The maximum Gasteiger partial charge on any atom is 0.110 e. The molecule has 0 atom stereocenters. The molecule has 0 aromatic carbocycles. The van der Waals surface area contributed by atoms with Crippen molar-refractivity contribution >= 4 is 0 Å². The highest BCUT2D eigenvalue weighted by molar-refractivity contribution is 5.10. The Morgan fingerprint density at radius 1 is 1.30 bits per heavy atom. The average molecular weight is 271 g/mol. The SMILES string of the molecule is CN(Cc1cccnc1)Cc1cnc2n1CCNCC2. The molecule has 3 rings (SSSR count). The van der Waals surface area contributed by atoms with Crippen LogP contribution in [0.4, 0.5) is 0 Å². The zero-order valence-corrected chi connectivity index (χ0v) is 11.9. The monoisotopic (exact) mass is 271 g/mol. The number of nitrogens with zero attached hydrogens (tertiary/aromatic N) is 4. The summed E-state index contributed by atoms with van der Waals surface area (Å²) in [5.74, 6) is 1.21. The summed E-state index contributed by atoms with van der Waals surface area (Å²) in [5, 5.41) is 3.42. The van der Waals surface area contributed by atoms with Gasteiger partial charge in [-0.15, -0.1) is 0 Å². The summed E-state index contributed by atoms with van der Waals surface area (Å²) in [6.07, 6.45) is 6.79. The fourth-order valence-corrected chi connectivity index (χ4v) is 2.70. The van der Waals surface area contributed by atoms with E-state index in [2.05, 4.69) is 37.9 Å². The smallest absolute Gasteiger partial charge is 0.110 e. The van der Waals surface area contributed by atoms with Gasteiger partial charge in [-0.05, 0) is 18.7 Å². The molecule has 5 nitrogen and oxygen atoms in total. The lowest BCUT2D eigenvalue weighted by Gasteiger charge is -2.18. The Bertz CT molecular complexity index is 549. The Morgan fingerprint density at radius 3 is 3.10 bits per heavy atom. The average Bonchev–Trinajstić information content (AvgIpc) is 2.69. The molecule has 0 saturated carbocycles. The molecular formula is C15H21N5. The minimum atomic E-state index is 0.909. The van der Waals surface area contributed by atoms with Crippen molar-refractivity contribution in [3.05, 3.63) is 47.8 Å². The molecule has 20 heavy (non-hydrogen) atoms. The summed E-state index contributed by atoms with van der Waals surface area (Å²) < 4.78 is 2.36. The van der Waals surface area contributed by atoms with Gasteiger partial charge in [0.05, 0.1) is 5.69 Å². The first kappa shape index (κ1) is 13.3. The second kappa shape index (κ2) is 6.15. The minimum absolute atomic E-state index is 0.909. The van der Waals surface area contributed by atoms with E-state index in [1.165, 1.54) is 17.1 Å². The van der Waals surface area contributed by atoms with Gasteiger partial charge in [0.25, 0.3) is 0 Å². The third-order valence-electron chi connectivity index (χ3n) is 3.67. The van der Waals surface area contributed by atoms with Crippen LogP contribution in [0.2, 0.25) is 0 Å². The number of fused-ring (bicyclic) bond motifs is 1. The molecule has 0 aliphatic carbocycles. The normalized spacial score (nSPS) is 15.1. The molecule has 0 bridgehead atoms. The summed E-state index contributed by atoms with van der Waals surface area (Å²) >= 11 is 0. The second-order valence-electron chi connectivity index (χ2n) is 5.35. The van der Waals surface area contributed by atoms with Crippen molar-refractivity contribution in [1.82, 2.24) is 24.8 Å². The van der Waals surface area contributed by atoms with E-state index in [-0.39, 0.29) is 0 Å². The van der Waals surface area contributed by atoms with Gasteiger partial charge in [-0.3, -0.25) is 9.88 Å². The zero-order chi connectivity index (χ0) is 13.8. The molecule has 2 aromatic rings. The van der Waals surface area contributed by atoms with E-state index < -0.39 is 0 Å². The molecule has 0 amide bonds. The molecule has 1 aliphatic rings. The van der Waals surface area contributed by atoms with Gasteiger partial charge in [0.15, 0.2) is 0 Å². The molecule has 1 N–H and O–H groups in total. The molecule has 0 spiro atoms. The van der Waals surface area contributed by atoms with E-state index in [0.29, 0.717) is 0 Å². The molecule has 0 radical (unpaired) electrons. The van der Waals surface area contributed by atoms with Crippen LogP contribution in [0.5, 0.6) is 0 Å². The van der Waals surface area contributed by atoms with E-state index in [9.17, 15) is 0 Å². The first-order valence-corrected chi connectivity index (χ1v) is 7.14. The first-order valence-electron chi connectivity index (χ1n) is 7.14. The lowest BCUT2D eigenvalue weighted by atomic mass is 10.2. The van der Waals surface area contributed by atoms with Gasteiger partial charge in [-0.2, -0.15) is 0 Å². The van der Waals surface area contributed by atoms with Crippen LogP contribution in [-0.2, 0) is 26.1 Å². The lowest BCUT2D eigenvalue weighted by Crippen LogP contribution is -2.21. The van der Waals surface area contributed by atoms with Gasteiger partial charge in [0, 0.05) is 57.7 Å². The molecule has 3 heterocycles. The number of nitrogens with one attached hydrogen (secondary N) is 1. The molecule has 0 fully saturated rings. The number of rotatable bonds is 4. The molecular weight excluding hydrogens is 250 g/mol. The summed E-state index contributed by atoms with van der Waals surface area (Å²) in [6, 6.07) is 4.10. The van der Waals surface area contributed by atoms with Gasteiger partial charge in [0.2, 0.25) is 0 Å². The Morgan fingerprint density at radius 2 is 2.25 bits per heavy atom. The fourth-order valence-electron chi connectivity index (χ4n) is 2.70. The highest BCUT2D eigenvalue weighted by atomic mass is 15.2. The van der Waals surface area contributed by atoms with Gasteiger partial charge < -0.3 is 9.88 Å². The molecule has 5 heteroatoms. The Balaban J connectivity index is 1.67. The van der Waals surface area contributed by atoms with E-state index in [4.69, 9.17) is 0 Å². The van der Waals surface area contributed by atoms with Crippen molar-refractivity contribution in [2.75, 3.05) is 20.1 Å². The molecule has 2 aromatic heterocycles. The molecule has 0 unspecified atom stereocenters. The van der Waals surface area contributed by atoms with Gasteiger partial charge in [0.1, 0.15) is 5.82 Å². The second-order valence-corrected chi connectivity index (χ2v) is 5.35. The van der Waals surface area contributed by atoms with Crippen molar-refractivity contribution in [1.29, 1.82) is 0 Å². The van der Waals surface area contributed by atoms with Gasteiger partial charge >= 0.3 is 0 Å². The number of aromatic nitrogens is 3. The fraction of sp³-hybridized carbons (Fsp3) is 0.467. The van der Waals surface area contributed by atoms with Crippen molar-refractivity contribution in [2.45, 2.75) is 26.1 Å². The van der Waals surface area contributed by atoms with Crippen LogP contribution in [0, 0.1) is 0 Å². The zero-order valence-electron chi connectivity index (χ0n) is 11.9. The Labute approximate surface area is 119 Å². The molecule has 106 valence electrons. The number of imidazole rings is 1. The summed E-state index contributed by atoms with van der Waals surface area (Å²) in [4.78, 5) is 11.0. The highest BCUT2D eigenvalue weighted by Gasteiger charge is 2.13. The topological polar surface area (TPSA) is 46.0 Å². The Kier molecular flexibility index (Phi) is 4.08. The van der Waals surface area contributed by atoms with Crippen LogP contribution in [0.1, 0.15) is 17.1 Å². The number of pyridine rings is 1. The Hall–Kier alpha value is -1.72. The van der Waals surface area contributed by atoms with Gasteiger partial charge in [-0.25, -0.2) is 4.98 Å². The van der Waals surface area contributed by atoms with E-state index in [1.54, 1.807) is 0 Å². The van der Waals surface area contributed by atoms with Crippen molar-refractivity contribution in [3.8, 4) is 0 Å². The van der Waals surface area contributed by atoms with Crippen LogP contribution in [0.15, 0.2) is 30.7 Å². The van der Waals surface area contributed by atoms with Crippen LogP contribution in [0.25, 0.3) is 0 Å². The minimum Gasteiger partial charge on any atom is -0.329 e. The largest absolute Gasteiger partial charge is 0.329 e. The van der Waals surface area contributed by atoms with Crippen molar-refractivity contribution < 1.29 is 0 Å². The third kappa shape index (κ3) is 3.05. The predicted molar refractivity (Wildman–Crippen MR) is 78.2 cm³/mol. The van der Waals surface area contributed by atoms with E-state index >= 15 is 0 Å². The van der Waals surface area contributed by atoms with Crippen LogP contribution < -0.4 is 5.32 Å². The number of hydrogen-bond donors (Lipinski definition) is 1. The van der Waals surface area contributed by atoms with Crippen LogP contribution in [-0.4, -0.2) is 39.6 Å². The van der Waals surface area contributed by atoms with Crippen molar-refractivity contribution in [3.63, 3.8) is 0 Å². The molecule has 0 saturated heterocycles. The summed E-state index contributed by atoms with van der Waals surface area (Å²) in [5.41, 5.74) is 2.54. The summed E-state index contributed by atoms with van der Waals surface area (Å²) in [6.45, 7) is 4.91.